The van der Waals surface area contributed by atoms with Crippen molar-refractivity contribution in [2.24, 2.45) is 0 Å². The minimum atomic E-state index is -4.55. The van der Waals surface area contributed by atoms with E-state index in [1.54, 1.807) is 6.92 Å². The summed E-state index contributed by atoms with van der Waals surface area (Å²) in [6.45, 7) is 1.65. The van der Waals surface area contributed by atoms with Crippen LogP contribution in [0.25, 0.3) is 5.57 Å². The van der Waals surface area contributed by atoms with Crippen LogP contribution >= 0.6 is 0 Å². The Balaban J connectivity index is 3.00. The van der Waals surface area contributed by atoms with Crippen molar-refractivity contribution >= 4 is 11.5 Å². The summed E-state index contributed by atoms with van der Waals surface area (Å²) >= 11 is 0. The number of carbonyl (C=O) groups is 1. The first-order valence-corrected chi connectivity index (χ1v) is 4.95. The average molecular weight is 261 g/mol. The summed E-state index contributed by atoms with van der Waals surface area (Å²) in [5.41, 5.74) is -1.28. The van der Waals surface area contributed by atoms with Crippen molar-refractivity contribution < 1.29 is 27.8 Å². The molecule has 1 N–H and O–H groups in total. The molecule has 0 bridgehead atoms. The van der Waals surface area contributed by atoms with Gasteiger partial charge in [-0.25, -0.2) is 4.79 Å². The van der Waals surface area contributed by atoms with Crippen LogP contribution in [0.3, 0.4) is 0 Å². The Kier molecular flexibility index (Phi) is 4.30. The molecule has 1 aromatic heterocycles. The summed E-state index contributed by atoms with van der Waals surface area (Å²) in [6.07, 6.45) is -3.23. The number of nitrogens with zero attached hydrogens (tertiary/aromatic N) is 1. The maximum atomic E-state index is 12.3. The third-order valence-electron chi connectivity index (χ3n) is 1.99. The summed E-state index contributed by atoms with van der Waals surface area (Å²) in [5.74, 6) is -0.832. The Bertz CT molecular complexity index is 452. The van der Waals surface area contributed by atoms with Crippen molar-refractivity contribution in [2.75, 3.05) is 6.61 Å². The molecule has 4 nitrogen and oxygen atoms in total. The minimum absolute atomic E-state index is 0.0453. The number of aromatic nitrogens is 1. The number of hydrogen-bond donors (Lipinski definition) is 1. The molecule has 0 aliphatic carbocycles. The summed E-state index contributed by atoms with van der Waals surface area (Å²) in [7, 11) is 0. The molecule has 0 radical (unpaired) electrons. The number of aliphatic hydroxyl groups excluding tert-OH is 1. The van der Waals surface area contributed by atoms with Gasteiger partial charge in [-0.15, -0.1) is 0 Å². The molecule has 1 rings (SSSR count). The van der Waals surface area contributed by atoms with E-state index in [4.69, 9.17) is 5.11 Å². The molecule has 0 aliphatic heterocycles. The fourth-order valence-corrected chi connectivity index (χ4v) is 1.17. The second kappa shape index (κ2) is 5.52. The van der Waals surface area contributed by atoms with Crippen LogP contribution in [0, 0.1) is 0 Å². The number of alkyl halides is 3. The van der Waals surface area contributed by atoms with Crippen LogP contribution in [0.2, 0.25) is 0 Å². The third kappa shape index (κ3) is 3.22. The number of rotatable bonds is 3. The summed E-state index contributed by atoms with van der Waals surface area (Å²) in [4.78, 5) is 14.5. The Hall–Kier alpha value is -2.05. The summed E-state index contributed by atoms with van der Waals surface area (Å²) < 4.78 is 41.4. The second-order valence-corrected chi connectivity index (χ2v) is 3.19. The zero-order valence-corrected chi connectivity index (χ0v) is 9.36. The van der Waals surface area contributed by atoms with Gasteiger partial charge in [-0.05, 0) is 13.0 Å². The van der Waals surface area contributed by atoms with Crippen LogP contribution in [-0.4, -0.2) is 22.7 Å². The number of ether oxygens (including phenoxy) is 1. The highest BCUT2D eigenvalue weighted by atomic mass is 19.4. The predicted molar refractivity (Wildman–Crippen MR) is 56.5 cm³/mol. The fourth-order valence-electron chi connectivity index (χ4n) is 1.17. The van der Waals surface area contributed by atoms with E-state index < -0.39 is 17.8 Å². The van der Waals surface area contributed by atoms with Gasteiger partial charge in [-0.2, -0.15) is 13.2 Å². The molecule has 0 fully saturated rings. The van der Waals surface area contributed by atoms with Gasteiger partial charge in [0.25, 0.3) is 0 Å². The molecule has 0 saturated carbocycles. The molecule has 7 heteroatoms. The first-order valence-electron chi connectivity index (χ1n) is 4.95. The van der Waals surface area contributed by atoms with Gasteiger partial charge >= 0.3 is 12.1 Å². The Morgan fingerprint density at radius 3 is 2.56 bits per heavy atom. The highest BCUT2D eigenvalue weighted by Gasteiger charge is 2.32. The average Bonchev–Trinajstić information content (AvgIpc) is 2.30. The van der Waals surface area contributed by atoms with Gasteiger partial charge in [0.15, 0.2) is 0 Å². The van der Waals surface area contributed by atoms with Crippen LogP contribution in [0.1, 0.15) is 18.2 Å². The zero-order chi connectivity index (χ0) is 13.8. The molecule has 1 heterocycles. The van der Waals surface area contributed by atoms with Crippen molar-refractivity contribution in [3.05, 3.63) is 35.8 Å². The van der Waals surface area contributed by atoms with E-state index in [0.29, 0.717) is 6.26 Å². The Labute approximate surface area is 101 Å². The highest BCUT2D eigenvalue weighted by molar-refractivity contribution is 6.15. The number of esters is 1. The van der Waals surface area contributed by atoms with Gasteiger partial charge in [0.2, 0.25) is 0 Å². The van der Waals surface area contributed by atoms with Crippen molar-refractivity contribution in [3.8, 4) is 0 Å². The minimum Gasteiger partial charge on any atom is -0.515 e. The topological polar surface area (TPSA) is 59.4 Å². The van der Waals surface area contributed by atoms with Crippen molar-refractivity contribution in [3.63, 3.8) is 0 Å². The number of aliphatic hydroxyl groups is 1. The molecule has 0 saturated heterocycles. The predicted octanol–water partition coefficient (Wildman–Crippen LogP) is 2.56. The molecule has 0 aromatic carbocycles. The summed E-state index contributed by atoms with van der Waals surface area (Å²) in [5, 5.41) is 8.89. The van der Waals surface area contributed by atoms with Crippen LogP contribution in [0.4, 0.5) is 13.2 Å². The number of halogens is 3. The lowest BCUT2D eigenvalue weighted by atomic mass is 10.1. The number of pyridine rings is 1. The van der Waals surface area contributed by atoms with E-state index in [2.05, 4.69) is 9.72 Å². The smallest absolute Gasteiger partial charge is 0.433 e. The van der Waals surface area contributed by atoms with Crippen molar-refractivity contribution in [2.45, 2.75) is 13.1 Å². The van der Waals surface area contributed by atoms with Crippen molar-refractivity contribution in [1.29, 1.82) is 0 Å². The Morgan fingerprint density at radius 2 is 2.17 bits per heavy atom. The molecule has 98 valence electrons. The second-order valence-electron chi connectivity index (χ2n) is 3.19. The van der Waals surface area contributed by atoms with Gasteiger partial charge in [0.1, 0.15) is 11.3 Å². The molecule has 0 spiro atoms. The molecule has 0 aliphatic rings. The molecule has 1 aromatic rings. The van der Waals surface area contributed by atoms with Crippen LogP contribution in [0.5, 0.6) is 0 Å². The summed E-state index contributed by atoms with van der Waals surface area (Å²) in [6, 6.07) is 1.76. The van der Waals surface area contributed by atoms with E-state index in [1.165, 1.54) is 0 Å². The monoisotopic (exact) mass is 261 g/mol. The maximum Gasteiger partial charge on any atom is 0.433 e. The molecule has 0 amide bonds. The van der Waals surface area contributed by atoms with Crippen LogP contribution in [-0.2, 0) is 15.7 Å². The fraction of sp³-hybridized carbons (Fsp3) is 0.273. The van der Waals surface area contributed by atoms with E-state index in [0.717, 1.165) is 18.3 Å². The molecule has 18 heavy (non-hydrogen) atoms. The van der Waals surface area contributed by atoms with Gasteiger partial charge in [-0.3, -0.25) is 4.98 Å². The molecular formula is C11H10F3NO3. The maximum absolute atomic E-state index is 12.3. The molecular weight excluding hydrogens is 251 g/mol. The van der Waals surface area contributed by atoms with Crippen LogP contribution in [0.15, 0.2) is 24.6 Å². The highest BCUT2D eigenvalue weighted by Crippen LogP contribution is 2.28. The zero-order valence-electron chi connectivity index (χ0n) is 9.36. The Morgan fingerprint density at radius 1 is 1.50 bits per heavy atom. The standard InChI is InChI=1S/C11H10F3NO3/c1-2-18-10(17)8(6-16)7-3-4-9(15-5-7)11(12,13)14/h3-6,16H,2H2,1H3/b8-6+. The van der Waals surface area contributed by atoms with E-state index in [1.807, 2.05) is 0 Å². The van der Waals surface area contributed by atoms with E-state index >= 15 is 0 Å². The van der Waals surface area contributed by atoms with Gasteiger partial charge in [0.05, 0.1) is 12.9 Å². The lowest BCUT2D eigenvalue weighted by molar-refractivity contribution is -0.141. The molecule has 0 unspecified atom stereocenters. The van der Waals surface area contributed by atoms with Gasteiger partial charge in [-0.1, -0.05) is 6.07 Å². The van der Waals surface area contributed by atoms with Crippen molar-refractivity contribution in [1.82, 2.24) is 4.98 Å². The van der Waals surface area contributed by atoms with Gasteiger partial charge in [0, 0.05) is 11.8 Å². The van der Waals surface area contributed by atoms with E-state index in [9.17, 15) is 18.0 Å². The quantitative estimate of drug-likeness (QED) is 0.516. The van der Waals surface area contributed by atoms with Gasteiger partial charge < -0.3 is 9.84 Å². The molecule has 0 atom stereocenters. The normalized spacial score (nSPS) is 12.3. The first-order chi connectivity index (χ1) is 8.40. The van der Waals surface area contributed by atoms with E-state index in [-0.39, 0.29) is 17.7 Å². The lowest BCUT2D eigenvalue weighted by Gasteiger charge is -2.08. The number of hydrogen-bond acceptors (Lipinski definition) is 4. The largest absolute Gasteiger partial charge is 0.515 e. The SMILES string of the molecule is CCOC(=O)/C(=C/O)c1ccc(C(F)(F)F)nc1. The number of carbonyl (C=O) groups excluding carboxylic acids is 1. The van der Waals surface area contributed by atoms with Crippen LogP contribution < -0.4 is 0 Å². The first kappa shape index (κ1) is 14.0. The third-order valence-corrected chi connectivity index (χ3v) is 1.99. The lowest BCUT2D eigenvalue weighted by Crippen LogP contribution is -2.10.